The summed E-state index contributed by atoms with van der Waals surface area (Å²) in [7, 11) is 0. The Bertz CT molecular complexity index is 292. The van der Waals surface area contributed by atoms with Gasteiger partial charge in [0, 0.05) is 11.7 Å². The second-order valence-corrected chi connectivity index (χ2v) is 4.01. The fourth-order valence-corrected chi connectivity index (χ4v) is 1.44. The van der Waals surface area contributed by atoms with E-state index in [1.165, 1.54) is 11.3 Å². The summed E-state index contributed by atoms with van der Waals surface area (Å²) >= 11 is 0. The van der Waals surface area contributed by atoms with Crippen LogP contribution in [0.3, 0.4) is 0 Å². The highest BCUT2D eigenvalue weighted by atomic mass is 15.0. The lowest BCUT2D eigenvalue weighted by Crippen LogP contribution is -2.11. The first-order chi connectivity index (χ1) is 6.63. The fraction of sp³-hybridized carbons (Fsp3) is 0.583. The molecule has 0 aliphatic carbocycles. The highest BCUT2D eigenvalue weighted by Gasteiger charge is 2.02. The summed E-state index contributed by atoms with van der Waals surface area (Å²) in [6, 6.07) is 4.64. The summed E-state index contributed by atoms with van der Waals surface area (Å²) in [5.74, 6) is 0.994. The van der Waals surface area contributed by atoms with Crippen LogP contribution in [0.25, 0.3) is 0 Å². The van der Waals surface area contributed by atoms with Crippen molar-refractivity contribution in [2.24, 2.45) is 0 Å². The van der Waals surface area contributed by atoms with Gasteiger partial charge in [-0.15, -0.1) is 0 Å². The maximum absolute atomic E-state index is 4.59. The smallest absolute Gasteiger partial charge is 0.126 e. The van der Waals surface area contributed by atoms with E-state index in [1.54, 1.807) is 0 Å². The predicted octanol–water partition coefficient (Wildman–Crippen LogP) is 3.16. The lowest BCUT2D eigenvalue weighted by Gasteiger charge is -2.11. The van der Waals surface area contributed by atoms with Gasteiger partial charge in [-0.3, -0.25) is 0 Å². The van der Waals surface area contributed by atoms with E-state index in [1.807, 2.05) is 0 Å². The van der Waals surface area contributed by atoms with Crippen LogP contribution < -0.4 is 5.32 Å². The number of anilines is 1. The van der Waals surface area contributed by atoms with Crippen molar-refractivity contribution in [3.8, 4) is 0 Å². The molecule has 0 saturated carbocycles. The van der Waals surface area contributed by atoms with E-state index >= 15 is 0 Å². The molecule has 0 fully saturated rings. The first-order valence-electron chi connectivity index (χ1n) is 5.36. The summed E-state index contributed by atoms with van der Waals surface area (Å²) in [6.45, 7) is 8.56. The molecule has 78 valence electrons. The molecule has 0 unspecified atom stereocenters. The molecule has 0 saturated heterocycles. The monoisotopic (exact) mass is 192 g/mol. The maximum Gasteiger partial charge on any atom is 0.126 e. The molecular weight excluding hydrogens is 172 g/mol. The van der Waals surface area contributed by atoms with Crippen LogP contribution in [-0.4, -0.2) is 11.0 Å². The van der Waals surface area contributed by atoms with Gasteiger partial charge in [-0.25, -0.2) is 4.98 Å². The van der Waals surface area contributed by atoms with E-state index in [0.717, 1.165) is 18.7 Å². The van der Waals surface area contributed by atoms with Crippen molar-refractivity contribution in [3.63, 3.8) is 0 Å². The molecule has 0 bridgehead atoms. The Hall–Kier alpha value is -1.05. The first kappa shape index (κ1) is 11.0. The molecule has 1 aromatic rings. The van der Waals surface area contributed by atoms with E-state index in [2.05, 4.69) is 50.1 Å². The molecule has 1 aromatic heterocycles. The number of hydrogen-bond donors (Lipinski definition) is 1. The lowest BCUT2D eigenvalue weighted by molar-refractivity contribution is 0.851. The Labute approximate surface area is 86.8 Å². The number of nitrogens with one attached hydrogen (secondary N) is 1. The molecule has 0 amide bonds. The van der Waals surface area contributed by atoms with Gasteiger partial charge in [-0.1, -0.05) is 19.4 Å². The van der Waals surface area contributed by atoms with Crippen LogP contribution in [0.4, 0.5) is 5.82 Å². The number of nitrogens with zero attached hydrogens (tertiary/aromatic N) is 1. The second kappa shape index (κ2) is 4.99. The van der Waals surface area contributed by atoms with Crippen molar-refractivity contribution in [3.05, 3.63) is 23.4 Å². The van der Waals surface area contributed by atoms with Gasteiger partial charge in [0.2, 0.25) is 0 Å². The van der Waals surface area contributed by atoms with E-state index in [-0.39, 0.29) is 0 Å². The highest BCUT2D eigenvalue weighted by Crippen LogP contribution is 2.12. The summed E-state index contributed by atoms with van der Waals surface area (Å²) in [5.41, 5.74) is 2.51. The number of rotatable bonds is 4. The molecule has 0 radical (unpaired) electrons. The van der Waals surface area contributed by atoms with Gasteiger partial charge in [0.05, 0.1) is 0 Å². The number of aromatic nitrogens is 1. The minimum atomic E-state index is 0.444. The van der Waals surface area contributed by atoms with Gasteiger partial charge in [0.25, 0.3) is 0 Å². The Kier molecular flexibility index (Phi) is 3.93. The molecule has 0 aromatic carbocycles. The van der Waals surface area contributed by atoms with Crippen molar-refractivity contribution in [1.82, 2.24) is 4.98 Å². The van der Waals surface area contributed by atoms with Gasteiger partial charge >= 0.3 is 0 Å². The fourth-order valence-electron chi connectivity index (χ4n) is 1.44. The summed E-state index contributed by atoms with van der Waals surface area (Å²) < 4.78 is 0. The Morgan fingerprint density at radius 3 is 2.64 bits per heavy atom. The Morgan fingerprint density at radius 1 is 1.36 bits per heavy atom. The van der Waals surface area contributed by atoms with Crippen LogP contribution in [-0.2, 0) is 6.42 Å². The highest BCUT2D eigenvalue weighted by molar-refractivity contribution is 5.39. The van der Waals surface area contributed by atoms with Crippen LogP contribution in [0.5, 0.6) is 0 Å². The Morgan fingerprint density at radius 2 is 2.07 bits per heavy atom. The van der Waals surface area contributed by atoms with Crippen LogP contribution in [0.1, 0.15) is 38.4 Å². The number of pyridine rings is 1. The topological polar surface area (TPSA) is 24.9 Å². The zero-order chi connectivity index (χ0) is 10.6. The molecule has 1 heterocycles. The quantitative estimate of drug-likeness (QED) is 0.792. The van der Waals surface area contributed by atoms with Gasteiger partial charge in [-0.2, -0.15) is 0 Å². The third-order valence-corrected chi connectivity index (χ3v) is 2.13. The van der Waals surface area contributed by atoms with Gasteiger partial charge in [0.15, 0.2) is 0 Å². The van der Waals surface area contributed by atoms with Crippen molar-refractivity contribution < 1.29 is 0 Å². The first-order valence-corrected chi connectivity index (χ1v) is 5.36. The van der Waals surface area contributed by atoms with Crippen molar-refractivity contribution in [2.45, 2.75) is 46.6 Å². The molecular formula is C12H20N2. The van der Waals surface area contributed by atoms with E-state index < -0.39 is 0 Å². The molecule has 0 aliphatic heterocycles. The molecule has 1 rings (SSSR count). The van der Waals surface area contributed by atoms with E-state index in [4.69, 9.17) is 0 Å². The number of hydrogen-bond acceptors (Lipinski definition) is 2. The second-order valence-electron chi connectivity index (χ2n) is 4.01. The average Bonchev–Trinajstić information content (AvgIpc) is 2.10. The lowest BCUT2D eigenvalue weighted by atomic mass is 10.1. The largest absolute Gasteiger partial charge is 0.368 e. The predicted molar refractivity (Wildman–Crippen MR) is 61.7 cm³/mol. The zero-order valence-corrected chi connectivity index (χ0v) is 9.59. The molecule has 0 atom stereocenters. The molecule has 14 heavy (non-hydrogen) atoms. The van der Waals surface area contributed by atoms with Crippen molar-refractivity contribution in [1.29, 1.82) is 0 Å². The van der Waals surface area contributed by atoms with Crippen LogP contribution in [0, 0.1) is 6.92 Å². The van der Waals surface area contributed by atoms with Crippen molar-refractivity contribution in [2.75, 3.05) is 5.32 Å². The maximum atomic E-state index is 4.59. The molecule has 0 aliphatic rings. The molecule has 0 spiro atoms. The molecule has 2 nitrogen and oxygen atoms in total. The van der Waals surface area contributed by atoms with Crippen molar-refractivity contribution >= 4 is 5.82 Å². The average molecular weight is 192 g/mol. The Balaban J connectivity index is 2.83. The SMILES string of the molecule is CCCc1nc(NC(C)C)ccc1C. The minimum absolute atomic E-state index is 0.444. The van der Waals surface area contributed by atoms with E-state index in [0.29, 0.717) is 6.04 Å². The van der Waals surface area contributed by atoms with Crippen LogP contribution >= 0.6 is 0 Å². The third kappa shape index (κ3) is 3.02. The zero-order valence-electron chi connectivity index (χ0n) is 9.59. The number of aryl methyl sites for hydroxylation is 2. The van der Waals surface area contributed by atoms with E-state index in [9.17, 15) is 0 Å². The summed E-state index contributed by atoms with van der Waals surface area (Å²) in [5, 5.41) is 3.32. The van der Waals surface area contributed by atoms with Gasteiger partial charge in [-0.05, 0) is 38.8 Å². The summed E-state index contributed by atoms with van der Waals surface area (Å²) in [6.07, 6.45) is 2.22. The van der Waals surface area contributed by atoms with Gasteiger partial charge in [0.1, 0.15) is 5.82 Å². The van der Waals surface area contributed by atoms with Crippen LogP contribution in [0.2, 0.25) is 0 Å². The van der Waals surface area contributed by atoms with Crippen LogP contribution in [0.15, 0.2) is 12.1 Å². The summed E-state index contributed by atoms with van der Waals surface area (Å²) in [4.78, 5) is 4.59. The normalized spacial score (nSPS) is 10.6. The van der Waals surface area contributed by atoms with Gasteiger partial charge < -0.3 is 5.32 Å². The molecule has 2 heteroatoms. The standard InChI is InChI=1S/C12H20N2/c1-5-6-11-10(4)7-8-12(14-11)13-9(2)3/h7-9H,5-6H2,1-4H3,(H,13,14). The third-order valence-electron chi connectivity index (χ3n) is 2.13. The minimum Gasteiger partial charge on any atom is -0.368 e. The molecule has 1 N–H and O–H groups in total.